The Morgan fingerprint density at radius 1 is 0.307 bits per heavy atom. The number of benzene rings is 11. The summed E-state index contributed by atoms with van der Waals surface area (Å²) in [7, 11) is 0. The van der Waals surface area contributed by atoms with Crippen LogP contribution in [-0.4, -0.2) is 9.13 Å². The number of hydrogen-bond acceptors (Lipinski definition) is 2. The molecule has 0 aliphatic carbocycles. The zero-order chi connectivity index (χ0) is 49.7. The molecule has 11 aromatic carbocycles. The van der Waals surface area contributed by atoms with Crippen molar-refractivity contribution in [1.82, 2.24) is 14.5 Å². The Bertz CT molecular complexity index is 4230. The number of para-hydroxylation sites is 2. The van der Waals surface area contributed by atoms with Crippen LogP contribution in [0.3, 0.4) is 0 Å². The Hall–Kier alpha value is -9.90. The molecule has 13 aromatic rings. The summed E-state index contributed by atoms with van der Waals surface area (Å²) in [5.74, 6) is 1.04. The molecule has 354 valence electrons. The van der Waals surface area contributed by atoms with E-state index >= 15 is 0 Å². The van der Waals surface area contributed by atoms with Crippen molar-refractivity contribution >= 4 is 72.1 Å². The quantitative estimate of drug-likeness (QED) is 0.148. The van der Waals surface area contributed by atoms with Crippen LogP contribution in [0, 0.1) is 0 Å². The molecule has 1 N–H and O–H groups in total. The van der Waals surface area contributed by atoms with Gasteiger partial charge >= 0.3 is 0 Å². The van der Waals surface area contributed by atoms with Crippen LogP contribution in [0.2, 0.25) is 0 Å². The van der Waals surface area contributed by atoms with Gasteiger partial charge < -0.3 is 14.8 Å². The maximum Gasteiger partial charge on any atom is 0.112 e. The van der Waals surface area contributed by atoms with Crippen LogP contribution >= 0.6 is 0 Å². The van der Waals surface area contributed by atoms with E-state index in [0.29, 0.717) is 0 Å². The summed E-state index contributed by atoms with van der Waals surface area (Å²) in [5, 5.41) is 8.80. The number of allylic oxidation sites excluding steroid dienone is 2. The number of rotatable bonds is 10. The molecule has 0 radical (unpaired) electrons. The molecule has 3 heterocycles. The molecule has 75 heavy (non-hydrogen) atoms. The monoisotopic (exact) mass is 958 g/mol. The zero-order valence-electron chi connectivity index (χ0n) is 41.1. The SMILES string of the molecule is C1=C(c2ccccc2)C=C(n2c3ccc(-c4ccccc4)cc3c3cc(-c4ccc5c(c4)c4cc(-c6ccccc6)ccc4n5-c4ccc(N(c5ccccc5)c5ccccc5)cc4)ccc32)NC1c1ccccc1. The highest BCUT2D eigenvalue weighted by Crippen LogP contribution is 2.43. The van der Waals surface area contributed by atoms with E-state index in [1.54, 1.807) is 0 Å². The van der Waals surface area contributed by atoms with Crippen molar-refractivity contribution in [2.24, 2.45) is 0 Å². The molecule has 0 saturated carbocycles. The second-order valence-electron chi connectivity index (χ2n) is 19.4. The van der Waals surface area contributed by atoms with Crippen molar-refractivity contribution in [3.8, 4) is 39.1 Å². The molecule has 4 heteroatoms. The minimum Gasteiger partial charge on any atom is -0.361 e. The second kappa shape index (κ2) is 18.6. The van der Waals surface area contributed by atoms with Crippen LogP contribution in [0.5, 0.6) is 0 Å². The maximum atomic E-state index is 3.98. The average Bonchev–Trinajstić information content (AvgIpc) is 4.01. The van der Waals surface area contributed by atoms with E-state index in [0.717, 1.165) is 56.2 Å². The maximum absolute atomic E-state index is 3.98. The lowest BCUT2D eigenvalue weighted by molar-refractivity contribution is 0.739. The lowest BCUT2D eigenvalue weighted by Gasteiger charge is -2.27. The largest absolute Gasteiger partial charge is 0.361 e. The molecule has 0 bridgehead atoms. The zero-order valence-corrected chi connectivity index (χ0v) is 41.1. The van der Waals surface area contributed by atoms with Crippen LogP contribution in [0.15, 0.2) is 291 Å². The molecular formula is C71H50N4. The normalized spacial score (nSPS) is 13.5. The van der Waals surface area contributed by atoms with Crippen LogP contribution in [-0.2, 0) is 0 Å². The van der Waals surface area contributed by atoms with Crippen LogP contribution < -0.4 is 10.2 Å². The van der Waals surface area contributed by atoms with Crippen molar-refractivity contribution in [2.75, 3.05) is 4.90 Å². The predicted molar refractivity (Wildman–Crippen MR) is 316 cm³/mol. The van der Waals surface area contributed by atoms with Gasteiger partial charge in [-0.05, 0) is 159 Å². The third kappa shape index (κ3) is 7.97. The molecule has 1 aliphatic heterocycles. The van der Waals surface area contributed by atoms with Gasteiger partial charge in [-0.1, -0.05) is 182 Å². The summed E-state index contributed by atoms with van der Waals surface area (Å²) >= 11 is 0. The van der Waals surface area contributed by atoms with E-state index in [9.17, 15) is 0 Å². The van der Waals surface area contributed by atoms with Crippen LogP contribution in [0.4, 0.5) is 17.1 Å². The summed E-state index contributed by atoms with van der Waals surface area (Å²) in [6.07, 6.45) is 4.67. The van der Waals surface area contributed by atoms with Gasteiger partial charge in [0.15, 0.2) is 0 Å². The van der Waals surface area contributed by atoms with E-state index in [1.165, 1.54) is 66.1 Å². The molecule has 0 fully saturated rings. The van der Waals surface area contributed by atoms with E-state index in [-0.39, 0.29) is 6.04 Å². The Morgan fingerprint density at radius 2 is 0.667 bits per heavy atom. The summed E-state index contributed by atoms with van der Waals surface area (Å²) in [6.45, 7) is 0. The number of fused-ring (bicyclic) bond motifs is 6. The summed E-state index contributed by atoms with van der Waals surface area (Å²) in [6, 6.07) is 101. The van der Waals surface area contributed by atoms with Crippen molar-refractivity contribution in [2.45, 2.75) is 6.04 Å². The van der Waals surface area contributed by atoms with Gasteiger partial charge in [-0.15, -0.1) is 0 Å². The minimum atomic E-state index is -0.0238. The lowest BCUT2D eigenvalue weighted by atomic mass is 9.96. The van der Waals surface area contributed by atoms with Gasteiger partial charge in [0.25, 0.3) is 0 Å². The van der Waals surface area contributed by atoms with E-state index in [2.05, 4.69) is 311 Å². The molecule has 0 spiro atoms. The molecule has 1 atom stereocenters. The van der Waals surface area contributed by atoms with Gasteiger partial charge in [-0.3, -0.25) is 4.57 Å². The van der Waals surface area contributed by atoms with Gasteiger partial charge in [0.1, 0.15) is 5.82 Å². The topological polar surface area (TPSA) is 25.1 Å². The lowest BCUT2D eigenvalue weighted by Crippen LogP contribution is -2.24. The van der Waals surface area contributed by atoms with Gasteiger partial charge in [0.2, 0.25) is 0 Å². The first-order chi connectivity index (χ1) is 37.2. The number of nitrogens with one attached hydrogen (secondary N) is 1. The number of dihydropyridines is 1. The van der Waals surface area contributed by atoms with E-state index in [1.807, 2.05) is 0 Å². The van der Waals surface area contributed by atoms with Crippen LogP contribution in [0.1, 0.15) is 17.2 Å². The molecular weight excluding hydrogens is 909 g/mol. The molecule has 0 saturated heterocycles. The summed E-state index contributed by atoms with van der Waals surface area (Å²) < 4.78 is 4.86. The van der Waals surface area contributed by atoms with Gasteiger partial charge in [0, 0.05) is 44.3 Å². The predicted octanol–water partition coefficient (Wildman–Crippen LogP) is 18.6. The Morgan fingerprint density at radius 3 is 1.11 bits per heavy atom. The van der Waals surface area contributed by atoms with Gasteiger partial charge in [0.05, 0.1) is 28.1 Å². The molecule has 1 aliphatic rings. The molecule has 4 nitrogen and oxygen atoms in total. The summed E-state index contributed by atoms with van der Waals surface area (Å²) in [5.41, 5.74) is 19.7. The fraction of sp³-hybridized carbons (Fsp3) is 0.0141. The highest BCUT2D eigenvalue weighted by molar-refractivity contribution is 6.14. The third-order valence-corrected chi connectivity index (χ3v) is 14.9. The molecule has 0 amide bonds. The average molecular weight is 959 g/mol. The number of aromatic nitrogens is 2. The minimum absolute atomic E-state index is 0.0238. The number of hydrogen-bond donors (Lipinski definition) is 1. The molecule has 1 unspecified atom stereocenters. The smallest absolute Gasteiger partial charge is 0.112 e. The van der Waals surface area contributed by atoms with E-state index < -0.39 is 0 Å². The fourth-order valence-electron chi connectivity index (χ4n) is 11.3. The number of nitrogens with zero attached hydrogens (tertiary/aromatic N) is 3. The second-order valence-corrected chi connectivity index (χ2v) is 19.4. The first kappa shape index (κ1) is 43.9. The van der Waals surface area contributed by atoms with Gasteiger partial charge in [-0.25, -0.2) is 0 Å². The van der Waals surface area contributed by atoms with Crippen molar-refractivity contribution < 1.29 is 0 Å². The fourth-order valence-corrected chi connectivity index (χ4v) is 11.3. The molecule has 2 aromatic heterocycles. The Kier molecular flexibility index (Phi) is 10.9. The van der Waals surface area contributed by atoms with Crippen molar-refractivity contribution in [3.63, 3.8) is 0 Å². The Balaban J connectivity index is 0.930. The first-order valence-corrected chi connectivity index (χ1v) is 25.8. The highest BCUT2D eigenvalue weighted by Gasteiger charge is 2.23. The van der Waals surface area contributed by atoms with E-state index in [4.69, 9.17) is 0 Å². The molecule has 14 rings (SSSR count). The standard InChI is InChI=1S/C71H50N4/c1-7-19-49(20-8-1)53-31-39-67-62(43-53)63-45-55(33-40-68(63)74(67)61-37-35-60(36-38-61)73(58-27-15-5-16-28-58)59-29-17-6-18-30-59)56-34-42-70-65(46-56)64-44-54(50-21-9-2-10-22-50)32-41-69(64)75(70)71-48-57(51-23-11-3-12-24-51)47-66(72-71)52-25-13-4-14-26-52/h1-48,66,72H. The van der Waals surface area contributed by atoms with Crippen LogP contribution in [0.25, 0.3) is 94.1 Å². The van der Waals surface area contributed by atoms with Crippen molar-refractivity contribution in [3.05, 3.63) is 302 Å². The van der Waals surface area contributed by atoms with Gasteiger partial charge in [-0.2, -0.15) is 0 Å². The number of anilines is 3. The Labute approximate surface area is 436 Å². The summed E-state index contributed by atoms with van der Waals surface area (Å²) in [4.78, 5) is 2.31. The highest BCUT2D eigenvalue weighted by atomic mass is 15.2. The third-order valence-electron chi connectivity index (χ3n) is 14.9. The first-order valence-electron chi connectivity index (χ1n) is 25.8. The van der Waals surface area contributed by atoms with Crippen molar-refractivity contribution in [1.29, 1.82) is 0 Å².